The first-order valence-electron chi connectivity index (χ1n) is 8.90. The second kappa shape index (κ2) is 7.85. The van der Waals surface area contributed by atoms with Crippen molar-refractivity contribution in [1.82, 2.24) is 4.90 Å². The summed E-state index contributed by atoms with van der Waals surface area (Å²) in [5.41, 5.74) is 0.527. The van der Waals surface area contributed by atoms with Gasteiger partial charge in [-0.1, -0.05) is 18.9 Å². The highest BCUT2D eigenvalue weighted by atomic mass is 32.2. The Labute approximate surface area is 163 Å². The topological polar surface area (TPSA) is 63.7 Å². The van der Waals surface area contributed by atoms with Crippen molar-refractivity contribution in [2.24, 2.45) is 0 Å². The Morgan fingerprint density at radius 3 is 2.70 bits per heavy atom. The van der Waals surface area contributed by atoms with Crippen molar-refractivity contribution >= 4 is 37.2 Å². The number of thiophene rings is 1. The molecule has 1 heterocycles. The zero-order chi connectivity index (χ0) is 19.8. The molecular weight excluding hydrogens is 389 g/mol. The van der Waals surface area contributed by atoms with Gasteiger partial charge in [-0.15, -0.1) is 11.3 Å². The van der Waals surface area contributed by atoms with Crippen LogP contribution in [0.2, 0.25) is 0 Å². The second-order valence-corrected chi connectivity index (χ2v) is 10.4. The Balaban J connectivity index is 2.02. The van der Waals surface area contributed by atoms with Gasteiger partial charge in [0.15, 0.2) is 9.84 Å². The Hall–Kier alpha value is -1.51. The number of halogens is 1. The molecule has 0 N–H and O–H groups in total. The lowest BCUT2D eigenvalue weighted by Crippen LogP contribution is -2.49. The number of nitrogens with zero attached hydrogens (tertiary/aromatic N) is 1. The van der Waals surface area contributed by atoms with Gasteiger partial charge in [-0.3, -0.25) is 4.79 Å². The molecule has 1 amide bonds. The van der Waals surface area contributed by atoms with Crippen LogP contribution in [-0.2, 0) is 21.2 Å². The maximum absolute atomic E-state index is 14.4. The lowest BCUT2D eigenvalue weighted by atomic mass is 9.93. The summed E-state index contributed by atoms with van der Waals surface area (Å²) in [6.45, 7) is 0.121. The fourth-order valence-electron chi connectivity index (χ4n) is 3.95. The fourth-order valence-corrected chi connectivity index (χ4v) is 6.64. The number of carbonyl (C=O) groups excluding carboxylic acids is 1. The third kappa shape index (κ3) is 3.88. The predicted molar refractivity (Wildman–Crippen MR) is 105 cm³/mol. The summed E-state index contributed by atoms with van der Waals surface area (Å²) in [6.07, 6.45) is 4.19. The molecule has 0 unspecified atom stereocenters. The quantitative estimate of drug-likeness (QED) is 0.751. The van der Waals surface area contributed by atoms with Crippen molar-refractivity contribution in [1.29, 1.82) is 0 Å². The Morgan fingerprint density at radius 2 is 2.04 bits per heavy atom. The monoisotopic (exact) mass is 413 g/mol. The van der Waals surface area contributed by atoms with Crippen LogP contribution in [0.3, 0.4) is 0 Å². The largest absolute Gasteiger partial charge is 0.380 e. The molecule has 1 saturated carbocycles. The van der Waals surface area contributed by atoms with Crippen LogP contribution in [0.4, 0.5) is 4.39 Å². The molecule has 1 aromatic heterocycles. The first-order valence-corrected chi connectivity index (χ1v) is 11.7. The molecule has 0 saturated heterocycles. The van der Waals surface area contributed by atoms with E-state index in [1.807, 2.05) is 0 Å². The molecule has 1 fully saturated rings. The standard InChI is InChI=1S/C19H24FNO4S2/c1-21(14-8-4-5-10-16(14)27(3,23)24)19(22)18-12(11-25-2)17-13(20)7-6-9-15(17)26-18/h6-7,9,14,16H,4-5,8,10-11H2,1-3H3/t14-,16-/m0/s1. The van der Waals surface area contributed by atoms with Crippen LogP contribution in [0, 0.1) is 5.82 Å². The van der Waals surface area contributed by atoms with Crippen LogP contribution >= 0.6 is 11.3 Å². The third-order valence-corrected chi connectivity index (χ3v) is 8.12. The predicted octanol–water partition coefficient (Wildman–Crippen LogP) is 3.61. The van der Waals surface area contributed by atoms with E-state index in [2.05, 4.69) is 0 Å². The van der Waals surface area contributed by atoms with Crippen LogP contribution in [0.5, 0.6) is 0 Å². The van der Waals surface area contributed by atoms with Crippen LogP contribution in [-0.4, -0.2) is 50.9 Å². The number of amides is 1. The molecule has 5 nitrogen and oxygen atoms in total. The normalized spacial score (nSPS) is 20.7. The molecule has 3 rings (SSSR count). The van der Waals surface area contributed by atoms with Gasteiger partial charge in [-0.25, -0.2) is 12.8 Å². The average molecular weight is 414 g/mol. The van der Waals surface area contributed by atoms with Crippen molar-refractivity contribution in [3.05, 3.63) is 34.5 Å². The van der Waals surface area contributed by atoms with Gasteiger partial charge in [-0.05, 0) is 25.0 Å². The molecule has 1 aliphatic carbocycles. The van der Waals surface area contributed by atoms with Crippen LogP contribution in [0.25, 0.3) is 10.1 Å². The molecule has 0 spiro atoms. The Morgan fingerprint density at radius 1 is 1.33 bits per heavy atom. The van der Waals surface area contributed by atoms with Gasteiger partial charge in [0.05, 0.1) is 16.7 Å². The van der Waals surface area contributed by atoms with Crippen LogP contribution < -0.4 is 0 Å². The van der Waals surface area contributed by atoms with Gasteiger partial charge < -0.3 is 9.64 Å². The number of carbonyl (C=O) groups is 1. The van der Waals surface area contributed by atoms with Gasteiger partial charge >= 0.3 is 0 Å². The van der Waals surface area contributed by atoms with Crippen molar-refractivity contribution in [3.8, 4) is 0 Å². The van der Waals surface area contributed by atoms with Gasteiger partial charge in [0.25, 0.3) is 5.91 Å². The summed E-state index contributed by atoms with van der Waals surface area (Å²) in [7, 11) is -0.113. The Kier molecular flexibility index (Phi) is 5.88. The first kappa shape index (κ1) is 20.2. The number of methoxy groups -OCH3 is 1. The molecule has 2 aromatic rings. The summed E-state index contributed by atoms with van der Waals surface area (Å²) in [5, 5.41) is -0.151. The van der Waals surface area contributed by atoms with Crippen molar-refractivity contribution < 1.29 is 22.3 Å². The summed E-state index contributed by atoms with van der Waals surface area (Å²) >= 11 is 1.23. The van der Waals surface area contributed by atoms with E-state index >= 15 is 0 Å². The lowest BCUT2D eigenvalue weighted by molar-refractivity contribution is 0.0701. The molecular formula is C19H24FNO4S2. The molecule has 1 aliphatic rings. The summed E-state index contributed by atoms with van der Waals surface area (Å²) in [5.74, 6) is -0.660. The van der Waals surface area contributed by atoms with E-state index in [4.69, 9.17) is 4.74 Å². The number of ether oxygens (including phenoxy) is 1. The summed E-state index contributed by atoms with van der Waals surface area (Å²) < 4.78 is 44.7. The number of fused-ring (bicyclic) bond motifs is 1. The highest BCUT2D eigenvalue weighted by molar-refractivity contribution is 7.91. The molecule has 8 heteroatoms. The number of hydrogen-bond acceptors (Lipinski definition) is 5. The highest BCUT2D eigenvalue weighted by Gasteiger charge is 2.38. The molecule has 0 radical (unpaired) electrons. The molecule has 1 aromatic carbocycles. The van der Waals surface area contributed by atoms with Gasteiger partial charge in [0.1, 0.15) is 5.82 Å². The lowest BCUT2D eigenvalue weighted by Gasteiger charge is -2.36. The molecule has 27 heavy (non-hydrogen) atoms. The average Bonchev–Trinajstić information content (AvgIpc) is 3.00. The molecule has 0 bridgehead atoms. The number of sulfone groups is 1. The minimum atomic E-state index is -3.26. The van der Waals surface area contributed by atoms with Crippen LogP contribution in [0.1, 0.15) is 40.9 Å². The zero-order valence-corrected chi connectivity index (χ0v) is 17.3. The zero-order valence-electron chi connectivity index (χ0n) is 15.7. The van der Waals surface area contributed by atoms with Crippen molar-refractivity contribution in [3.63, 3.8) is 0 Å². The van der Waals surface area contributed by atoms with Crippen molar-refractivity contribution in [2.45, 2.75) is 43.6 Å². The fraction of sp³-hybridized carbons (Fsp3) is 0.526. The second-order valence-electron chi connectivity index (χ2n) is 7.09. The first-order chi connectivity index (χ1) is 12.8. The Bertz CT molecular complexity index is 954. The SMILES string of the molecule is COCc1c(C(=O)N(C)[C@H]2CCCC[C@@H]2S(C)(=O)=O)sc2cccc(F)c12. The van der Waals surface area contributed by atoms with Gasteiger partial charge in [0.2, 0.25) is 0 Å². The minimum Gasteiger partial charge on any atom is -0.380 e. The summed E-state index contributed by atoms with van der Waals surface area (Å²) in [6, 6.07) is 4.39. The number of benzene rings is 1. The highest BCUT2D eigenvalue weighted by Crippen LogP contribution is 2.36. The summed E-state index contributed by atoms with van der Waals surface area (Å²) in [4.78, 5) is 15.2. The van der Waals surface area contributed by atoms with E-state index in [1.165, 1.54) is 35.7 Å². The third-order valence-electron chi connectivity index (χ3n) is 5.28. The van der Waals surface area contributed by atoms with E-state index in [9.17, 15) is 17.6 Å². The van der Waals surface area contributed by atoms with Crippen LogP contribution in [0.15, 0.2) is 18.2 Å². The maximum Gasteiger partial charge on any atom is 0.264 e. The number of rotatable bonds is 5. The van der Waals surface area contributed by atoms with E-state index in [0.29, 0.717) is 33.4 Å². The minimum absolute atomic E-state index is 0.121. The molecule has 0 aliphatic heterocycles. The molecule has 2 atom stereocenters. The van der Waals surface area contributed by atoms with Gasteiger partial charge in [-0.2, -0.15) is 0 Å². The van der Waals surface area contributed by atoms with E-state index in [1.54, 1.807) is 19.2 Å². The van der Waals surface area contributed by atoms with E-state index < -0.39 is 15.1 Å². The molecule has 148 valence electrons. The van der Waals surface area contributed by atoms with Gasteiger partial charge in [0, 0.05) is 42.1 Å². The maximum atomic E-state index is 14.4. The number of hydrogen-bond donors (Lipinski definition) is 0. The van der Waals surface area contributed by atoms with E-state index in [-0.39, 0.29) is 24.4 Å². The smallest absolute Gasteiger partial charge is 0.264 e. The van der Waals surface area contributed by atoms with Crippen molar-refractivity contribution in [2.75, 3.05) is 20.4 Å². The van der Waals surface area contributed by atoms with E-state index in [0.717, 1.165) is 12.8 Å².